The van der Waals surface area contributed by atoms with E-state index in [0.717, 1.165) is 55.9 Å². The average Bonchev–Trinajstić information content (AvgIpc) is 3.18. The summed E-state index contributed by atoms with van der Waals surface area (Å²) in [6.45, 7) is 4.29. The Kier molecular flexibility index (Phi) is 4.53. The van der Waals surface area contributed by atoms with E-state index in [9.17, 15) is 5.11 Å². The van der Waals surface area contributed by atoms with Crippen molar-refractivity contribution in [2.75, 3.05) is 44.4 Å². The number of aromatic nitrogens is 5. The summed E-state index contributed by atoms with van der Waals surface area (Å²) < 4.78 is 13.1. The Bertz CT molecular complexity index is 979. The molecule has 9 nitrogen and oxygen atoms in total. The number of rotatable bonds is 3. The van der Waals surface area contributed by atoms with Gasteiger partial charge < -0.3 is 24.0 Å². The summed E-state index contributed by atoms with van der Waals surface area (Å²) in [5.41, 5.74) is 2.93. The number of morpholine rings is 1. The number of imidazole rings is 1. The lowest BCUT2D eigenvalue weighted by Crippen LogP contribution is -2.37. The number of anilines is 1. The van der Waals surface area contributed by atoms with Crippen LogP contribution in [0.3, 0.4) is 0 Å². The van der Waals surface area contributed by atoms with Crippen LogP contribution >= 0.6 is 0 Å². The van der Waals surface area contributed by atoms with Gasteiger partial charge in [0.2, 0.25) is 5.95 Å². The Morgan fingerprint density at radius 2 is 1.79 bits per heavy atom. The van der Waals surface area contributed by atoms with Gasteiger partial charge in [0, 0.05) is 44.1 Å². The molecule has 3 aromatic heterocycles. The fourth-order valence-electron chi connectivity index (χ4n) is 3.80. The highest BCUT2D eigenvalue weighted by molar-refractivity contribution is 5.88. The molecule has 0 spiro atoms. The van der Waals surface area contributed by atoms with Crippen LogP contribution in [0.4, 0.5) is 5.95 Å². The highest BCUT2D eigenvalue weighted by atomic mass is 16.5. The molecule has 2 aliphatic heterocycles. The lowest BCUT2D eigenvalue weighted by molar-refractivity contribution is 0.0704. The van der Waals surface area contributed by atoms with Crippen molar-refractivity contribution < 1.29 is 14.6 Å². The number of aromatic hydroxyl groups is 1. The zero-order valence-electron chi connectivity index (χ0n) is 15.5. The number of fused-ring (bicyclic) bond motifs is 1. The molecular formula is C19H22N6O3. The van der Waals surface area contributed by atoms with Crippen LogP contribution in [-0.4, -0.2) is 69.1 Å². The Balaban J connectivity index is 1.67. The first-order chi connectivity index (χ1) is 13.8. The maximum absolute atomic E-state index is 9.90. The van der Waals surface area contributed by atoms with Crippen molar-refractivity contribution in [3.63, 3.8) is 0 Å². The molecule has 0 unspecified atom stereocenters. The first-order valence-electron chi connectivity index (χ1n) is 9.59. The van der Waals surface area contributed by atoms with Crippen molar-refractivity contribution in [1.82, 2.24) is 24.5 Å². The van der Waals surface area contributed by atoms with E-state index in [-0.39, 0.29) is 5.75 Å². The second-order valence-corrected chi connectivity index (χ2v) is 7.07. The van der Waals surface area contributed by atoms with E-state index in [0.29, 0.717) is 30.9 Å². The number of hydrogen-bond acceptors (Lipinski definition) is 8. The van der Waals surface area contributed by atoms with E-state index in [1.165, 1.54) is 6.20 Å². The average molecular weight is 382 g/mol. The summed E-state index contributed by atoms with van der Waals surface area (Å²) in [6, 6.07) is 1.96. The number of hydrogen-bond donors (Lipinski definition) is 1. The van der Waals surface area contributed by atoms with Crippen molar-refractivity contribution in [3.05, 3.63) is 24.8 Å². The first-order valence-corrected chi connectivity index (χ1v) is 9.59. The molecule has 5 heterocycles. The van der Waals surface area contributed by atoms with Crippen LogP contribution in [0, 0.1) is 0 Å². The molecule has 2 saturated heterocycles. The molecule has 5 rings (SSSR count). The largest absolute Gasteiger partial charge is 0.506 e. The zero-order chi connectivity index (χ0) is 18.9. The second kappa shape index (κ2) is 7.33. The molecule has 3 aromatic rings. The van der Waals surface area contributed by atoms with Gasteiger partial charge in [-0.05, 0) is 18.9 Å². The van der Waals surface area contributed by atoms with Crippen LogP contribution in [-0.2, 0) is 9.47 Å². The van der Waals surface area contributed by atoms with Crippen molar-refractivity contribution in [2.24, 2.45) is 0 Å². The van der Waals surface area contributed by atoms with Crippen LogP contribution in [0.5, 0.6) is 5.75 Å². The number of nitrogens with zero attached hydrogens (tertiary/aromatic N) is 6. The van der Waals surface area contributed by atoms with Gasteiger partial charge in [0.25, 0.3) is 0 Å². The van der Waals surface area contributed by atoms with E-state index in [1.54, 1.807) is 12.3 Å². The van der Waals surface area contributed by atoms with Crippen LogP contribution in [0.2, 0.25) is 0 Å². The zero-order valence-corrected chi connectivity index (χ0v) is 15.5. The maximum Gasteiger partial charge on any atom is 0.228 e. The van der Waals surface area contributed by atoms with E-state index >= 15 is 0 Å². The van der Waals surface area contributed by atoms with E-state index in [1.807, 2.05) is 6.33 Å². The van der Waals surface area contributed by atoms with Crippen LogP contribution in [0.1, 0.15) is 18.9 Å². The van der Waals surface area contributed by atoms with Gasteiger partial charge in [0.15, 0.2) is 5.65 Å². The minimum absolute atomic E-state index is 0.0982. The van der Waals surface area contributed by atoms with E-state index < -0.39 is 0 Å². The van der Waals surface area contributed by atoms with E-state index in [4.69, 9.17) is 19.4 Å². The standard InChI is InChI=1S/C19H22N6O3/c26-15-9-13(10-20-11-15)16-17-18(23-19(22-16)24-3-7-28-8-4-24)25(12-21-17)14-1-5-27-6-2-14/h9-12,14,26H,1-8H2. The minimum atomic E-state index is 0.0982. The molecule has 0 amide bonds. The Morgan fingerprint density at radius 1 is 1.00 bits per heavy atom. The van der Waals surface area contributed by atoms with E-state index in [2.05, 4.69) is 19.4 Å². The monoisotopic (exact) mass is 382 g/mol. The molecule has 2 aliphatic rings. The van der Waals surface area contributed by atoms with Crippen molar-refractivity contribution in [1.29, 1.82) is 0 Å². The predicted molar refractivity (Wildman–Crippen MR) is 102 cm³/mol. The van der Waals surface area contributed by atoms with Crippen LogP contribution < -0.4 is 4.90 Å². The van der Waals surface area contributed by atoms with Gasteiger partial charge in [-0.2, -0.15) is 4.98 Å². The summed E-state index contributed by atoms with van der Waals surface area (Å²) >= 11 is 0. The van der Waals surface area contributed by atoms with Gasteiger partial charge in [0.05, 0.1) is 25.7 Å². The summed E-state index contributed by atoms with van der Waals surface area (Å²) in [5.74, 6) is 0.754. The molecule has 0 aliphatic carbocycles. The molecule has 2 fully saturated rings. The molecule has 28 heavy (non-hydrogen) atoms. The molecule has 1 N–H and O–H groups in total. The predicted octanol–water partition coefficient (Wildman–Crippen LogP) is 1.78. The van der Waals surface area contributed by atoms with Crippen molar-refractivity contribution in [2.45, 2.75) is 18.9 Å². The third kappa shape index (κ3) is 3.16. The molecule has 146 valence electrons. The highest BCUT2D eigenvalue weighted by Gasteiger charge is 2.24. The van der Waals surface area contributed by atoms with Crippen molar-refractivity contribution >= 4 is 17.1 Å². The normalized spacial score (nSPS) is 18.6. The molecule has 0 saturated carbocycles. The molecule has 0 atom stereocenters. The number of pyridine rings is 1. The third-order valence-corrected chi connectivity index (χ3v) is 5.29. The summed E-state index contributed by atoms with van der Waals surface area (Å²) in [7, 11) is 0. The Morgan fingerprint density at radius 3 is 2.57 bits per heavy atom. The molecule has 0 radical (unpaired) electrons. The van der Waals surface area contributed by atoms with Gasteiger partial charge in [0.1, 0.15) is 17.0 Å². The SMILES string of the molecule is Oc1cncc(-c2nc(N3CCOCC3)nc3c2ncn3C2CCOCC2)c1. The molecule has 0 bridgehead atoms. The summed E-state index contributed by atoms with van der Waals surface area (Å²) in [4.78, 5) is 20.6. The highest BCUT2D eigenvalue weighted by Crippen LogP contribution is 2.32. The molecule has 0 aromatic carbocycles. The summed E-state index contributed by atoms with van der Waals surface area (Å²) in [6.07, 6.45) is 6.82. The minimum Gasteiger partial charge on any atom is -0.506 e. The topological polar surface area (TPSA) is 98.4 Å². The maximum atomic E-state index is 9.90. The Hall–Kier alpha value is -2.78. The van der Waals surface area contributed by atoms with Gasteiger partial charge in [-0.3, -0.25) is 4.98 Å². The lowest BCUT2D eigenvalue weighted by atomic mass is 10.1. The fourth-order valence-corrected chi connectivity index (χ4v) is 3.80. The van der Waals surface area contributed by atoms with Gasteiger partial charge in [-0.1, -0.05) is 0 Å². The second-order valence-electron chi connectivity index (χ2n) is 7.07. The lowest BCUT2D eigenvalue weighted by Gasteiger charge is -2.27. The van der Waals surface area contributed by atoms with Crippen LogP contribution in [0.15, 0.2) is 24.8 Å². The Labute approximate surface area is 162 Å². The third-order valence-electron chi connectivity index (χ3n) is 5.29. The smallest absolute Gasteiger partial charge is 0.228 e. The van der Waals surface area contributed by atoms with Crippen molar-refractivity contribution in [3.8, 4) is 17.0 Å². The van der Waals surface area contributed by atoms with Crippen LogP contribution in [0.25, 0.3) is 22.4 Å². The van der Waals surface area contributed by atoms with Gasteiger partial charge >= 0.3 is 0 Å². The first kappa shape index (κ1) is 17.3. The molecular weight excluding hydrogens is 360 g/mol. The summed E-state index contributed by atoms with van der Waals surface area (Å²) in [5, 5.41) is 9.90. The molecule has 9 heteroatoms. The number of ether oxygens (including phenoxy) is 2. The fraction of sp³-hybridized carbons (Fsp3) is 0.474. The van der Waals surface area contributed by atoms with Gasteiger partial charge in [-0.25, -0.2) is 9.97 Å². The quantitative estimate of drug-likeness (QED) is 0.732. The van der Waals surface area contributed by atoms with Gasteiger partial charge in [-0.15, -0.1) is 0 Å².